The molecular formula is C27H23Cl2NO5. The van der Waals surface area contributed by atoms with Gasteiger partial charge in [0.15, 0.2) is 17.3 Å². The second kappa shape index (κ2) is 9.46. The number of rotatable bonds is 5. The highest BCUT2D eigenvalue weighted by atomic mass is 35.5. The number of allylic oxidation sites excluding steroid dienone is 1. The van der Waals surface area contributed by atoms with Gasteiger partial charge in [-0.05, 0) is 54.5 Å². The van der Waals surface area contributed by atoms with Crippen molar-refractivity contribution in [1.29, 1.82) is 0 Å². The Bertz CT molecular complexity index is 1350. The van der Waals surface area contributed by atoms with Gasteiger partial charge in [-0.1, -0.05) is 35.3 Å². The van der Waals surface area contributed by atoms with Crippen molar-refractivity contribution in [2.75, 3.05) is 21.0 Å². The zero-order valence-corrected chi connectivity index (χ0v) is 21.0. The number of fused-ring (bicyclic) bond motifs is 3. The van der Waals surface area contributed by atoms with Crippen LogP contribution in [0.2, 0.25) is 10.0 Å². The molecule has 35 heavy (non-hydrogen) atoms. The second-order valence-electron chi connectivity index (χ2n) is 8.40. The molecule has 0 spiro atoms. The summed E-state index contributed by atoms with van der Waals surface area (Å²) in [6, 6.07) is 12.9. The number of hydrogen-bond donors (Lipinski definition) is 0. The highest BCUT2D eigenvalue weighted by Crippen LogP contribution is 2.44. The predicted molar refractivity (Wildman–Crippen MR) is 135 cm³/mol. The lowest BCUT2D eigenvalue weighted by Gasteiger charge is -2.30. The van der Waals surface area contributed by atoms with Gasteiger partial charge in [0.2, 0.25) is 5.78 Å². The predicted octanol–water partition coefficient (Wildman–Crippen LogP) is 6.29. The van der Waals surface area contributed by atoms with Gasteiger partial charge in [-0.25, -0.2) is 0 Å². The van der Waals surface area contributed by atoms with Crippen LogP contribution in [0.3, 0.4) is 0 Å². The smallest absolute Gasteiger partial charge is 0.232 e. The molecule has 0 N–H and O–H groups in total. The molecule has 0 unspecified atom stereocenters. The first kappa shape index (κ1) is 23.5. The van der Waals surface area contributed by atoms with Crippen LogP contribution in [0.1, 0.15) is 32.6 Å². The largest absolute Gasteiger partial charge is 0.493 e. The number of ether oxygens (including phenoxy) is 4. The SMILES string of the molecule is COc1ccc(CN2COc3cc(C)c4c(c3C2)O/C(=C\c2c(Cl)cccc2Cl)C4=O)cc1OC. The van der Waals surface area contributed by atoms with Gasteiger partial charge in [-0.2, -0.15) is 0 Å². The molecule has 0 aliphatic carbocycles. The fourth-order valence-electron chi connectivity index (χ4n) is 4.39. The van der Waals surface area contributed by atoms with E-state index in [1.165, 1.54) is 0 Å². The average Bonchev–Trinajstić information content (AvgIpc) is 3.18. The van der Waals surface area contributed by atoms with Crippen molar-refractivity contribution in [3.8, 4) is 23.0 Å². The van der Waals surface area contributed by atoms with Crippen LogP contribution in [0, 0.1) is 6.92 Å². The minimum absolute atomic E-state index is 0.184. The number of carbonyl (C=O) groups is 1. The topological polar surface area (TPSA) is 57.2 Å². The van der Waals surface area contributed by atoms with Gasteiger partial charge < -0.3 is 18.9 Å². The summed E-state index contributed by atoms with van der Waals surface area (Å²) in [5, 5.41) is 0.890. The molecule has 2 aliphatic rings. The van der Waals surface area contributed by atoms with Gasteiger partial charge in [0.1, 0.15) is 18.2 Å². The molecule has 0 atom stereocenters. The van der Waals surface area contributed by atoms with Crippen LogP contribution in [0.15, 0.2) is 48.2 Å². The molecule has 2 aliphatic heterocycles. The van der Waals surface area contributed by atoms with E-state index in [2.05, 4.69) is 4.90 Å². The highest BCUT2D eigenvalue weighted by Gasteiger charge is 2.35. The van der Waals surface area contributed by atoms with Crippen LogP contribution in [-0.2, 0) is 13.1 Å². The Morgan fingerprint density at radius 1 is 1.06 bits per heavy atom. The van der Waals surface area contributed by atoms with E-state index in [1.54, 1.807) is 38.5 Å². The third kappa shape index (κ3) is 4.33. The fraction of sp³-hybridized carbons (Fsp3) is 0.222. The first-order valence-corrected chi connectivity index (χ1v) is 11.8. The summed E-state index contributed by atoms with van der Waals surface area (Å²) >= 11 is 12.6. The van der Waals surface area contributed by atoms with Gasteiger partial charge in [0, 0.05) is 28.7 Å². The zero-order valence-electron chi connectivity index (χ0n) is 19.5. The molecule has 0 aromatic heterocycles. The van der Waals surface area contributed by atoms with Crippen molar-refractivity contribution >= 4 is 35.1 Å². The van der Waals surface area contributed by atoms with Crippen LogP contribution in [0.25, 0.3) is 6.08 Å². The molecule has 5 rings (SSSR count). The number of benzene rings is 3. The van der Waals surface area contributed by atoms with Gasteiger partial charge in [-0.3, -0.25) is 9.69 Å². The molecule has 0 radical (unpaired) electrons. The molecule has 8 heteroatoms. The molecule has 0 saturated carbocycles. The highest BCUT2D eigenvalue weighted by molar-refractivity contribution is 6.37. The molecule has 0 saturated heterocycles. The third-order valence-electron chi connectivity index (χ3n) is 6.12. The summed E-state index contributed by atoms with van der Waals surface area (Å²) in [6.45, 7) is 3.46. The minimum Gasteiger partial charge on any atom is -0.493 e. The Morgan fingerprint density at radius 3 is 2.51 bits per heavy atom. The molecule has 3 aromatic carbocycles. The third-order valence-corrected chi connectivity index (χ3v) is 6.78. The quantitative estimate of drug-likeness (QED) is 0.375. The monoisotopic (exact) mass is 511 g/mol. The molecule has 0 fully saturated rings. The van der Waals surface area contributed by atoms with Crippen molar-refractivity contribution in [2.24, 2.45) is 0 Å². The lowest BCUT2D eigenvalue weighted by molar-refractivity contribution is 0.0871. The van der Waals surface area contributed by atoms with Crippen molar-refractivity contribution < 1.29 is 23.7 Å². The van der Waals surface area contributed by atoms with Gasteiger partial charge >= 0.3 is 0 Å². The van der Waals surface area contributed by atoms with Crippen LogP contribution in [0.4, 0.5) is 0 Å². The van der Waals surface area contributed by atoms with Crippen LogP contribution >= 0.6 is 23.2 Å². The Hall–Kier alpha value is -3.19. The lowest BCUT2D eigenvalue weighted by Crippen LogP contribution is -2.31. The average molecular weight is 512 g/mol. The van der Waals surface area contributed by atoms with E-state index in [0.29, 0.717) is 58.2 Å². The summed E-state index contributed by atoms with van der Waals surface area (Å²) < 4.78 is 22.9. The summed E-state index contributed by atoms with van der Waals surface area (Å²) in [5.74, 6) is 2.57. The van der Waals surface area contributed by atoms with E-state index in [4.69, 9.17) is 42.1 Å². The maximum atomic E-state index is 13.3. The second-order valence-corrected chi connectivity index (χ2v) is 9.21. The molecule has 180 valence electrons. The summed E-state index contributed by atoms with van der Waals surface area (Å²) in [5.41, 5.74) is 3.76. The van der Waals surface area contributed by atoms with E-state index >= 15 is 0 Å². The number of nitrogens with zero attached hydrogens (tertiary/aromatic N) is 1. The standard InChI is InChI=1S/C27H23Cl2NO5/c1-15-9-22-18(13-30(14-34-22)12-16-7-8-21(32-2)23(10-16)33-3)27-25(15)26(31)24(35-27)11-17-19(28)5-4-6-20(17)29/h4-11H,12-14H2,1-3H3/b24-11-. The van der Waals surface area contributed by atoms with E-state index in [1.807, 2.05) is 31.2 Å². The fourth-order valence-corrected chi connectivity index (χ4v) is 4.90. The molecule has 6 nitrogen and oxygen atoms in total. The van der Waals surface area contributed by atoms with E-state index < -0.39 is 0 Å². The van der Waals surface area contributed by atoms with Crippen LogP contribution < -0.4 is 18.9 Å². The summed E-state index contributed by atoms with van der Waals surface area (Å²) in [7, 11) is 3.22. The number of hydrogen-bond acceptors (Lipinski definition) is 6. The Labute approximate surface area is 213 Å². The first-order chi connectivity index (χ1) is 16.9. The van der Waals surface area contributed by atoms with Crippen LogP contribution in [0.5, 0.6) is 23.0 Å². The van der Waals surface area contributed by atoms with Crippen molar-refractivity contribution in [1.82, 2.24) is 4.90 Å². The summed E-state index contributed by atoms with van der Waals surface area (Å²) in [4.78, 5) is 15.4. The number of methoxy groups -OCH3 is 2. The van der Waals surface area contributed by atoms with Gasteiger partial charge in [-0.15, -0.1) is 0 Å². The van der Waals surface area contributed by atoms with Crippen molar-refractivity contribution in [3.63, 3.8) is 0 Å². The molecule has 0 bridgehead atoms. The number of carbonyl (C=O) groups excluding carboxylic acids is 1. The minimum atomic E-state index is -0.201. The van der Waals surface area contributed by atoms with E-state index in [9.17, 15) is 4.79 Å². The van der Waals surface area contributed by atoms with E-state index in [0.717, 1.165) is 22.4 Å². The molecule has 2 heterocycles. The molecule has 3 aromatic rings. The van der Waals surface area contributed by atoms with Gasteiger partial charge in [0.05, 0.1) is 25.3 Å². The molecule has 0 amide bonds. The van der Waals surface area contributed by atoms with Crippen molar-refractivity contribution in [2.45, 2.75) is 20.0 Å². The Kier molecular flexibility index (Phi) is 6.36. The Morgan fingerprint density at radius 2 is 1.80 bits per heavy atom. The molecular weight excluding hydrogens is 489 g/mol. The van der Waals surface area contributed by atoms with E-state index in [-0.39, 0.29) is 11.5 Å². The maximum Gasteiger partial charge on any atom is 0.232 e. The van der Waals surface area contributed by atoms with Crippen LogP contribution in [-0.4, -0.2) is 31.6 Å². The zero-order chi connectivity index (χ0) is 24.7. The first-order valence-electron chi connectivity index (χ1n) is 11.0. The number of ketones is 1. The maximum absolute atomic E-state index is 13.3. The van der Waals surface area contributed by atoms with Gasteiger partial charge in [0.25, 0.3) is 0 Å². The normalized spacial score (nSPS) is 15.9. The summed E-state index contributed by atoms with van der Waals surface area (Å²) in [6.07, 6.45) is 1.60. The lowest BCUT2D eigenvalue weighted by atomic mass is 9.98. The Balaban J connectivity index is 1.45. The number of halogens is 2. The van der Waals surface area contributed by atoms with Crippen molar-refractivity contribution in [3.05, 3.63) is 86.1 Å². The number of aryl methyl sites for hydroxylation is 1. The number of Topliss-reactive ketones (excluding diaryl/α,β-unsaturated/α-hetero) is 1.